The van der Waals surface area contributed by atoms with Crippen molar-refractivity contribution in [3.63, 3.8) is 0 Å². The number of hydrogen-bond donors (Lipinski definition) is 0. The summed E-state index contributed by atoms with van der Waals surface area (Å²) < 4.78 is 11.0. The molecule has 1 heterocycles. The number of methoxy groups -OCH3 is 2. The lowest BCUT2D eigenvalue weighted by molar-refractivity contribution is 0.115. The molecule has 110 valence electrons. The number of hydrogen-bond acceptors (Lipinski definition) is 4. The lowest BCUT2D eigenvalue weighted by Gasteiger charge is -2.41. The van der Waals surface area contributed by atoms with Crippen molar-refractivity contribution in [2.24, 2.45) is 5.10 Å². The smallest absolute Gasteiger partial charge is 0.120 e. The predicted octanol–water partition coefficient (Wildman–Crippen LogP) is 3.04. The summed E-state index contributed by atoms with van der Waals surface area (Å²) >= 11 is 0. The normalized spacial score (nSPS) is 24.6. The van der Waals surface area contributed by atoms with E-state index < -0.39 is 0 Å². The van der Waals surface area contributed by atoms with E-state index in [9.17, 15) is 0 Å². The molecule has 0 radical (unpaired) electrons. The van der Waals surface area contributed by atoms with E-state index in [2.05, 4.69) is 40.5 Å². The van der Waals surface area contributed by atoms with Crippen molar-refractivity contribution >= 4 is 6.21 Å². The molecular weight excluding hydrogens is 264 g/mol. The van der Waals surface area contributed by atoms with Crippen molar-refractivity contribution in [1.29, 1.82) is 0 Å². The largest absolute Gasteiger partial charge is 0.501 e. The molecular formula is C17H20N2O2. The SMILES string of the molecule is COC1=CC(c2ccccc2)(N2CCC=N2)CC(OC)=C1. The summed E-state index contributed by atoms with van der Waals surface area (Å²) in [5.74, 6) is 1.71. The zero-order valence-electron chi connectivity index (χ0n) is 12.5. The molecule has 0 saturated carbocycles. The van der Waals surface area contributed by atoms with Gasteiger partial charge in [-0.3, -0.25) is 5.01 Å². The van der Waals surface area contributed by atoms with E-state index in [1.807, 2.05) is 18.4 Å². The second-order valence-electron chi connectivity index (χ2n) is 5.24. The van der Waals surface area contributed by atoms with Crippen LogP contribution >= 0.6 is 0 Å². The summed E-state index contributed by atoms with van der Waals surface area (Å²) in [5, 5.41) is 6.70. The van der Waals surface area contributed by atoms with Crippen LogP contribution in [0.15, 0.2) is 59.1 Å². The zero-order valence-corrected chi connectivity index (χ0v) is 12.5. The van der Waals surface area contributed by atoms with E-state index in [0.29, 0.717) is 0 Å². The quantitative estimate of drug-likeness (QED) is 0.852. The summed E-state index contributed by atoms with van der Waals surface area (Å²) in [7, 11) is 3.39. The van der Waals surface area contributed by atoms with Crippen LogP contribution in [0.25, 0.3) is 0 Å². The molecule has 1 atom stereocenters. The average Bonchev–Trinajstić information content (AvgIpc) is 3.10. The molecule has 0 spiro atoms. The molecule has 0 saturated heterocycles. The maximum absolute atomic E-state index is 5.52. The molecule has 1 aliphatic carbocycles. The van der Waals surface area contributed by atoms with Gasteiger partial charge < -0.3 is 9.47 Å². The van der Waals surface area contributed by atoms with E-state index in [1.165, 1.54) is 5.56 Å². The molecule has 21 heavy (non-hydrogen) atoms. The van der Waals surface area contributed by atoms with Crippen LogP contribution in [0.5, 0.6) is 0 Å². The molecule has 1 unspecified atom stereocenters. The molecule has 0 aromatic heterocycles. The van der Waals surface area contributed by atoms with Gasteiger partial charge >= 0.3 is 0 Å². The third-order valence-corrected chi connectivity index (χ3v) is 4.05. The number of benzene rings is 1. The van der Waals surface area contributed by atoms with Gasteiger partial charge in [0.15, 0.2) is 0 Å². The zero-order chi connectivity index (χ0) is 14.7. The summed E-state index contributed by atoms with van der Waals surface area (Å²) in [5.41, 5.74) is 0.848. The maximum atomic E-state index is 5.52. The van der Waals surface area contributed by atoms with E-state index >= 15 is 0 Å². The topological polar surface area (TPSA) is 34.1 Å². The van der Waals surface area contributed by atoms with Gasteiger partial charge in [0.2, 0.25) is 0 Å². The minimum atomic E-state index is -0.348. The van der Waals surface area contributed by atoms with Crippen molar-refractivity contribution in [3.8, 4) is 0 Å². The lowest BCUT2D eigenvalue weighted by atomic mass is 9.81. The minimum Gasteiger partial charge on any atom is -0.501 e. The first kappa shape index (κ1) is 13.7. The highest BCUT2D eigenvalue weighted by atomic mass is 16.5. The molecule has 1 aromatic carbocycles. The van der Waals surface area contributed by atoms with E-state index in [0.717, 1.165) is 30.9 Å². The molecule has 2 aliphatic rings. The molecule has 3 rings (SSSR count). The van der Waals surface area contributed by atoms with Crippen LogP contribution in [0.2, 0.25) is 0 Å². The van der Waals surface area contributed by atoms with Crippen molar-refractivity contribution in [1.82, 2.24) is 5.01 Å². The first-order chi connectivity index (χ1) is 10.3. The number of nitrogens with zero attached hydrogens (tertiary/aromatic N) is 2. The molecule has 4 heteroatoms. The Hall–Kier alpha value is -2.23. The van der Waals surface area contributed by atoms with Crippen LogP contribution in [0.1, 0.15) is 18.4 Å². The molecule has 1 aliphatic heterocycles. The summed E-state index contributed by atoms with van der Waals surface area (Å²) in [6.07, 6.45) is 7.78. The highest BCUT2D eigenvalue weighted by Crippen LogP contribution is 2.42. The minimum absolute atomic E-state index is 0.348. The first-order valence-electron chi connectivity index (χ1n) is 7.15. The second-order valence-corrected chi connectivity index (χ2v) is 5.24. The van der Waals surface area contributed by atoms with Crippen LogP contribution in [0.3, 0.4) is 0 Å². The van der Waals surface area contributed by atoms with Crippen LogP contribution in [-0.2, 0) is 15.0 Å². The van der Waals surface area contributed by atoms with E-state index in [1.54, 1.807) is 14.2 Å². The fourth-order valence-corrected chi connectivity index (χ4v) is 2.98. The molecule has 1 aromatic rings. The van der Waals surface area contributed by atoms with Crippen LogP contribution in [0.4, 0.5) is 0 Å². The predicted molar refractivity (Wildman–Crippen MR) is 82.7 cm³/mol. The molecule has 0 N–H and O–H groups in total. The Morgan fingerprint density at radius 3 is 2.57 bits per heavy atom. The molecule has 4 nitrogen and oxygen atoms in total. The van der Waals surface area contributed by atoms with Gasteiger partial charge in [-0.15, -0.1) is 0 Å². The van der Waals surface area contributed by atoms with Gasteiger partial charge in [0.25, 0.3) is 0 Å². The van der Waals surface area contributed by atoms with Gasteiger partial charge in [-0.05, 0) is 11.6 Å². The molecule has 0 bridgehead atoms. The van der Waals surface area contributed by atoms with Gasteiger partial charge in [-0.25, -0.2) is 0 Å². The summed E-state index contributed by atoms with van der Waals surface area (Å²) in [6.45, 7) is 0.902. The van der Waals surface area contributed by atoms with Crippen LogP contribution in [0, 0.1) is 0 Å². The van der Waals surface area contributed by atoms with Gasteiger partial charge in [-0.2, -0.15) is 5.10 Å². The fraction of sp³-hybridized carbons (Fsp3) is 0.353. The van der Waals surface area contributed by atoms with E-state index in [-0.39, 0.29) is 5.54 Å². The second kappa shape index (κ2) is 5.64. The van der Waals surface area contributed by atoms with Crippen LogP contribution in [-0.4, -0.2) is 32.0 Å². The van der Waals surface area contributed by atoms with Crippen LogP contribution < -0.4 is 0 Å². The molecule has 0 amide bonds. The Morgan fingerprint density at radius 1 is 1.14 bits per heavy atom. The Labute approximate surface area is 125 Å². The number of rotatable bonds is 4. The van der Waals surface area contributed by atoms with Gasteiger partial charge in [-0.1, -0.05) is 30.3 Å². The maximum Gasteiger partial charge on any atom is 0.120 e. The Balaban J connectivity index is 2.11. The highest BCUT2D eigenvalue weighted by Gasteiger charge is 2.41. The lowest BCUT2D eigenvalue weighted by Crippen LogP contribution is -2.42. The van der Waals surface area contributed by atoms with Crippen molar-refractivity contribution < 1.29 is 9.47 Å². The highest BCUT2D eigenvalue weighted by molar-refractivity contribution is 5.59. The standard InChI is InChI=1S/C17H20N2O2/c1-20-15-11-16(21-2)13-17(12-15,19-10-6-9-18-19)14-7-4-3-5-8-14/h3-5,7-9,11-12H,6,10,13H2,1-2H3. The Bertz CT molecular complexity index is 592. The van der Waals surface area contributed by atoms with Crippen molar-refractivity contribution in [2.75, 3.05) is 20.8 Å². The number of allylic oxidation sites excluding steroid dienone is 1. The van der Waals surface area contributed by atoms with E-state index in [4.69, 9.17) is 9.47 Å². The Morgan fingerprint density at radius 2 is 1.95 bits per heavy atom. The van der Waals surface area contributed by atoms with Gasteiger partial charge in [0.1, 0.15) is 17.1 Å². The summed E-state index contributed by atoms with van der Waals surface area (Å²) in [6, 6.07) is 10.4. The Kier molecular flexibility index (Phi) is 3.69. The van der Waals surface area contributed by atoms with Gasteiger partial charge in [0, 0.05) is 31.7 Å². The summed E-state index contributed by atoms with van der Waals surface area (Å²) in [4.78, 5) is 0. The first-order valence-corrected chi connectivity index (χ1v) is 7.15. The third kappa shape index (κ3) is 2.42. The van der Waals surface area contributed by atoms with Crippen molar-refractivity contribution in [2.45, 2.75) is 18.4 Å². The monoisotopic (exact) mass is 284 g/mol. The number of ether oxygens (including phenoxy) is 2. The van der Waals surface area contributed by atoms with Gasteiger partial charge in [0.05, 0.1) is 14.2 Å². The molecule has 0 fully saturated rings. The third-order valence-electron chi connectivity index (χ3n) is 4.05. The fourth-order valence-electron chi connectivity index (χ4n) is 2.98. The van der Waals surface area contributed by atoms with Crippen molar-refractivity contribution in [3.05, 3.63) is 59.6 Å². The average molecular weight is 284 g/mol. The number of hydrazone groups is 1.